The lowest BCUT2D eigenvalue weighted by molar-refractivity contribution is 0.0355. The largest absolute Gasteiger partial charge is 0.379 e. The molecule has 4 rings (SSSR count). The van der Waals surface area contributed by atoms with Crippen molar-refractivity contribution >= 4 is 5.91 Å². The molecule has 1 aromatic heterocycles. The monoisotopic (exact) mass is 382 g/mol. The Morgan fingerprint density at radius 2 is 2.07 bits per heavy atom. The summed E-state index contributed by atoms with van der Waals surface area (Å²) < 4.78 is 5.43. The van der Waals surface area contributed by atoms with E-state index in [1.165, 1.54) is 11.1 Å². The third-order valence-corrected chi connectivity index (χ3v) is 5.92. The minimum absolute atomic E-state index is 0.0598. The minimum atomic E-state index is 0.0598. The van der Waals surface area contributed by atoms with Crippen LogP contribution in [0, 0.1) is 6.92 Å². The van der Waals surface area contributed by atoms with Gasteiger partial charge in [-0.2, -0.15) is 5.10 Å². The van der Waals surface area contributed by atoms with E-state index in [1.807, 2.05) is 17.0 Å². The Morgan fingerprint density at radius 3 is 2.89 bits per heavy atom. The van der Waals surface area contributed by atoms with Crippen molar-refractivity contribution in [2.75, 3.05) is 39.4 Å². The molecule has 150 valence electrons. The van der Waals surface area contributed by atoms with Gasteiger partial charge in [0.2, 0.25) is 0 Å². The summed E-state index contributed by atoms with van der Waals surface area (Å²) in [4.78, 5) is 17.8. The van der Waals surface area contributed by atoms with Gasteiger partial charge in [0.1, 0.15) is 0 Å². The molecular formula is C22H30N4O2. The number of fused-ring (bicyclic) bond motifs is 1. The minimum Gasteiger partial charge on any atom is -0.379 e. The third kappa shape index (κ3) is 4.28. The number of morpholine rings is 1. The molecule has 2 aliphatic rings. The molecule has 1 aliphatic carbocycles. The zero-order valence-electron chi connectivity index (χ0n) is 16.7. The molecule has 2 aromatic rings. The van der Waals surface area contributed by atoms with Crippen LogP contribution in [0.4, 0.5) is 0 Å². The number of carbonyl (C=O) groups excluding carboxylic acids is 1. The number of aromatic nitrogens is 2. The Labute approximate surface area is 166 Å². The normalized spacial score (nSPS) is 16.9. The molecule has 1 N–H and O–H groups in total. The number of H-pyrrole nitrogens is 1. The number of aromatic amines is 1. The van der Waals surface area contributed by atoms with Gasteiger partial charge in [-0.05, 0) is 43.7 Å². The van der Waals surface area contributed by atoms with Crippen molar-refractivity contribution in [1.82, 2.24) is 20.0 Å². The van der Waals surface area contributed by atoms with Crippen molar-refractivity contribution in [2.45, 2.75) is 39.2 Å². The lowest BCUT2D eigenvalue weighted by Gasteiger charge is -2.28. The summed E-state index contributed by atoms with van der Waals surface area (Å²) >= 11 is 0. The van der Waals surface area contributed by atoms with E-state index in [-0.39, 0.29) is 5.91 Å². The van der Waals surface area contributed by atoms with Gasteiger partial charge >= 0.3 is 0 Å². The average Bonchev–Trinajstić information content (AvgIpc) is 3.33. The fourth-order valence-corrected chi connectivity index (χ4v) is 4.20. The zero-order chi connectivity index (χ0) is 19.3. The first-order valence-electron chi connectivity index (χ1n) is 10.4. The first-order chi connectivity index (χ1) is 13.7. The van der Waals surface area contributed by atoms with Crippen molar-refractivity contribution in [3.8, 4) is 0 Å². The number of nitrogens with one attached hydrogen (secondary N) is 1. The highest BCUT2D eigenvalue weighted by Crippen LogP contribution is 2.24. The van der Waals surface area contributed by atoms with E-state index in [9.17, 15) is 4.79 Å². The topological polar surface area (TPSA) is 61.5 Å². The molecule has 0 atom stereocenters. The number of carbonyl (C=O) groups is 1. The highest BCUT2D eigenvalue weighted by Gasteiger charge is 2.27. The molecular weight excluding hydrogens is 352 g/mol. The second-order valence-corrected chi connectivity index (χ2v) is 7.84. The van der Waals surface area contributed by atoms with Crippen molar-refractivity contribution < 1.29 is 9.53 Å². The first kappa shape index (κ1) is 19.2. The van der Waals surface area contributed by atoms with Gasteiger partial charge in [-0.3, -0.25) is 14.8 Å². The lowest BCUT2D eigenvalue weighted by atomic mass is 10.1. The van der Waals surface area contributed by atoms with E-state index in [0.29, 0.717) is 12.2 Å². The molecule has 1 saturated heterocycles. The fraction of sp³-hybridized carbons (Fsp3) is 0.545. The summed E-state index contributed by atoms with van der Waals surface area (Å²) in [5.41, 5.74) is 5.34. The van der Waals surface area contributed by atoms with E-state index in [1.54, 1.807) is 0 Å². The van der Waals surface area contributed by atoms with Crippen LogP contribution in [-0.4, -0.2) is 65.3 Å². The average molecular weight is 383 g/mol. The Bertz CT molecular complexity index is 811. The number of nitrogens with zero attached hydrogens (tertiary/aromatic N) is 3. The summed E-state index contributed by atoms with van der Waals surface area (Å²) in [5.74, 6) is 0.0598. The summed E-state index contributed by atoms with van der Waals surface area (Å²) in [6, 6.07) is 8.32. The molecule has 0 unspecified atom stereocenters. The highest BCUT2D eigenvalue weighted by atomic mass is 16.5. The Kier molecular flexibility index (Phi) is 6.07. The Balaban J connectivity index is 1.47. The molecule has 6 heteroatoms. The number of aryl methyl sites for hydroxylation is 2. The van der Waals surface area contributed by atoms with Crippen LogP contribution in [0.25, 0.3) is 0 Å². The molecule has 1 aliphatic heterocycles. The summed E-state index contributed by atoms with van der Waals surface area (Å²) in [7, 11) is 0. The van der Waals surface area contributed by atoms with Gasteiger partial charge in [-0.1, -0.05) is 24.3 Å². The number of amides is 1. The smallest absolute Gasteiger partial charge is 0.274 e. The van der Waals surface area contributed by atoms with E-state index in [2.05, 4.69) is 34.2 Å². The van der Waals surface area contributed by atoms with Crippen LogP contribution in [0.2, 0.25) is 0 Å². The van der Waals surface area contributed by atoms with Crippen LogP contribution in [0.15, 0.2) is 24.3 Å². The van der Waals surface area contributed by atoms with Crippen LogP contribution < -0.4 is 0 Å². The van der Waals surface area contributed by atoms with Gasteiger partial charge in [0.15, 0.2) is 5.69 Å². The molecule has 1 amide bonds. The number of rotatable bonds is 7. The third-order valence-electron chi connectivity index (χ3n) is 5.92. The lowest BCUT2D eigenvalue weighted by Crippen LogP contribution is -2.39. The van der Waals surface area contributed by atoms with Gasteiger partial charge in [-0.15, -0.1) is 0 Å². The van der Waals surface area contributed by atoms with Crippen LogP contribution in [0.3, 0.4) is 0 Å². The maximum atomic E-state index is 13.4. The fourth-order valence-electron chi connectivity index (χ4n) is 4.20. The number of hydrogen-bond acceptors (Lipinski definition) is 4. The van der Waals surface area contributed by atoms with Crippen molar-refractivity contribution in [3.63, 3.8) is 0 Å². The number of ether oxygens (including phenoxy) is 1. The molecule has 6 nitrogen and oxygen atoms in total. The van der Waals surface area contributed by atoms with Crippen molar-refractivity contribution in [2.24, 2.45) is 0 Å². The molecule has 1 fully saturated rings. The maximum Gasteiger partial charge on any atom is 0.274 e. The maximum absolute atomic E-state index is 13.4. The molecule has 2 heterocycles. The van der Waals surface area contributed by atoms with Gasteiger partial charge < -0.3 is 9.64 Å². The van der Waals surface area contributed by atoms with Gasteiger partial charge in [0, 0.05) is 44.0 Å². The second-order valence-electron chi connectivity index (χ2n) is 7.84. The Morgan fingerprint density at radius 1 is 1.25 bits per heavy atom. The van der Waals surface area contributed by atoms with Crippen LogP contribution in [-0.2, 0) is 24.1 Å². The molecule has 0 radical (unpaired) electrons. The zero-order valence-corrected chi connectivity index (χ0v) is 16.7. The van der Waals surface area contributed by atoms with Crippen LogP contribution in [0.5, 0.6) is 0 Å². The molecule has 28 heavy (non-hydrogen) atoms. The summed E-state index contributed by atoms with van der Waals surface area (Å²) in [6.07, 6.45) is 4.03. The Hall–Kier alpha value is -2.18. The second kappa shape index (κ2) is 8.88. The van der Waals surface area contributed by atoms with Gasteiger partial charge in [0.05, 0.1) is 13.2 Å². The van der Waals surface area contributed by atoms with E-state index in [4.69, 9.17) is 4.74 Å². The summed E-state index contributed by atoms with van der Waals surface area (Å²) in [6.45, 7) is 8.08. The highest BCUT2D eigenvalue weighted by molar-refractivity contribution is 5.94. The van der Waals surface area contributed by atoms with Crippen molar-refractivity contribution in [1.29, 1.82) is 0 Å². The van der Waals surface area contributed by atoms with E-state index in [0.717, 1.165) is 76.3 Å². The van der Waals surface area contributed by atoms with Gasteiger partial charge in [0.25, 0.3) is 5.91 Å². The first-order valence-corrected chi connectivity index (χ1v) is 10.4. The van der Waals surface area contributed by atoms with Gasteiger partial charge in [-0.25, -0.2) is 0 Å². The van der Waals surface area contributed by atoms with E-state index >= 15 is 0 Å². The molecule has 1 aromatic carbocycles. The van der Waals surface area contributed by atoms with E-state index < -0.39 is 0 Å². The predicted octanol–water partition coefficient (Wildman–Crippen LogP) is 2.57. The SMILES string of the molecule is Cc1ccccc1CN(CCCN1CCOCC1)C(=O)c1n[nH]c2c1CCC2. The standard InChI is InChI=1S/C22H30N4O2/c1-17-6-2-3-7-18(17)16-26(11-5-10-25-12-14-28-15-13-25)22(27)21-19-8-4-9-20(19)23-24-21/h2-3,6-7H,4-5,8-16H2,1H3,(H,23,24). The number of benzene rings is 1. The molecule has 0 bridgehead atoms. The molecule has 0 saturated carbocycles. The summed E-state index contributed by atoms with van der Waals surface area (Å²) in [5, 5.41) is 7.46. The molecule has 0 spiro atoms. The predicted molar refractivity (Wildman–Crippen MR) is 108 cm³/mol. The van der Waals surface area contributed by atoms with Crippen LogP contribution in [0.1, 0.15) is 45.7 Å². The van der Waals surface area contributed by atoms with Crippen molar-refractivity contribution in [3.05, 3.63) is 52.3 Å². The quantitative estimate of drug-likeness (QED) is 0.800. The van der Waals surface area contributed by atoms with Crippen LogP contribution >= 0.6 is 0 Å². The number of hydrogen-bond donors (Lipinski definition) is 1.